The van der Waals surface area contributed by atoms with E-state index in [4.69, 9.17) is 21.1 Å². The number of ether oxygens (including phenoxy) is 3. The maximum Gasteiger partial charge on any atom is 1.00 e. The molecule has 0 bridgehead atoms. The van der Waals surface area contributed by atoms with Crippen molar-refractivity contribution < 1.29 is 127 Å². The summed E-state index contributed by atoms with van der Waals surface area (Å²) in [5.41, 5.74) is 6.44. The minimum Gasteiger partial charge on any atom is -0.870 e. The molecule has 0 fully saturated rings. The van der Waals surface area contributed by atoms with Crippen molar-refractivity contribution >= 4 is 63.0 Å². The van der Waals surface area contributed by atoms with E-state index in [1.807, 2.05) is 0 Å². The number of nitrogens with two attached hydrogens (primary N) is 1. The van der Waals surface area contributed by atoms with Crippen LogP contribution in [0.1, 0.15) is 21.2 Å². The van der Waals surface area contributed by atoms with Gasteiger partial charge < -0.3 is 56.5 Å². The van der Waals surface area contributed by atoms with Crippen LogP contribution in [0, 0.1) is 26.0 Å². The third-order valence-electron chi connectivity index (χ3n) is 6.83. The number of para-hydroxylation sites is 7. The number of anilines is 1. The molecule has 0 spiro atoms. The van der Waals surface area contributed by atoms with Gasteiger partial charge in [0.15, 0.2) is 0 Å². The number of nitrogens with one attached hydrogen (secondary N) is 1. The summed E-state index contributed by atoms with van der Waals surface area (Å²) in [5, 5.41) is 66.0. The minimum atomic E-state index is -1.25. The number of benzene rings is 4. The summed E-state index contributed by atoms with van der Waals surface area (Å²) in [6.45, 7) is -0.127. The van der Waals surface area contributed by atoms with E-state index in [-0.39, 0.29) is 90.3 Å². The number of aromatic nitrogens is 4. The average molecular weight is 921 g/mol. The van der Waals surface area contributed by atoms with Crippen LogP contribution in [0.4, 0.5) is 21.5 Å². The van der Waals surface area contributed by atoms with Crippen LogP contribution >= 0.6 is 0 Å². The molecule has 0 amide bonds. The van der Waals surface area contributed by atoms with E-state index in [1.54, 1.807) is 60.7 Å². The number of fused-ring (bicyclic) bond motifs is 2. The van der Waals surface area contributed by atoms with Crippen LogP contribution in [-0.2, 0) is 23.8 Å². The van der Waals surface area contributed by atoms with Gasteiger partial charge in [-0.15, -0.1) is 0 Å². The first-order valence-corrected chi connectivity index (χ1v) is 16.8. The summed E-state index contributed by atoms with van der Waals surface area (Å²) in [4.78, 5) is 69.3. The fraction of sp³-hybridized carbons (Fsp3) is 0.189. The molecule has 2 heterocycles. The summed E-state index contributed by atoms with van der Waals surface area (Å²) in [7, 11) is 5.54. The Hall–Kier alpha value is -6.73. The molecule has 6 aromatic rings. The summed E-state index contributed by atoms with van der Waals surface area (Å²) in [5.74, 6) is -4.06. The third kappa shape index (κ3) is 21.5. The van der Waals surface area contributed by atoms with E-state index >= 15 is 0 Å². The van der Waals surface area contributed by atoms with Gasteiger partial charge >= 0.3 is 78.0 Å². The van der Waals surface area contributed by atoms with Crippen LogP contribution < -0.4 is 64.6 Å². The first kappa shape index (κ1) is 64.9. The van der Waals surface area contributed by atoms with Crippen LogP contribution in [0.2, 0.25) is 0 Å². The van der Waals surface area contributed by atoms with Crippen LogP contribution in [0.25, 0.3) is 22.1 Å². The van der Waals surface area contributed by atoms with Gasteiger partial charge in [-0.25, -0.2) is 19.6 Å². The number of aliphatic hydroxyl groups excluding tert-OH is 1. The zero-order chi connectivity index (χ0) is 47.4. The smallest absolute Gasteiger partial charge is 0.870 e. The summed E-state index contributed by atoms with van der Waals surface area (Å²) in [6, 6.07) is 24.6. The molecule has 25 nitrogen and oxygen atoms in total. The second-order valence-electron chi connectivity index (χ2n) is 10.5. The number of nitro groups is 2. The number of carboxylic acids is 1. The van der Waals surface area contributed by atoms with E-state index in [2.05, 4.69) is 29.5 Å². The molecule has 0 saturated carbocycles. The van der Waals surface area contributed by atoms with Gasteiger partial charge in [-0.2, -0.15) is 21.0 Å². The molecule has 4 aromatic carbocycles. The number of carbonyl (C=O) groups is 4. The van der Waals surface area contributed by atoms with Crippen LogP contribution in [-0.4, -0.2) is 128 Å². The Morgan fingerprint density at radius 3 is 1.48 bits per heavy atom. The van der Waals surface area contributed by atoms with Gasteiger partial charge in [0.25, 0.3) is 17.3 Å². The van der Waals surface area contributed by atoms with Crippen LogP contribution in [0.15, 0.2) is 97.1 Å². The standard InChI is InChI=1S/C9H10N2O4.C9H8N2O3.C8H6N2O3.C6H4FNO2.C3H7NO2.CH4O.CH3O.Li.Na.H2O/c1-15-9(12)6-10-7-4-2-3-5-8(7)11(13)14;1-14-9(12)8-10-6-4-2-3-5-7(6)11(8)13;11-8(12)7-9-5-3-1-2-4-6(5)10(7)13;7-5-3-1-2-4-6(5)8(9)10;1-6-3(5)2-4;2*1-2;;;/h2-5,10H,6H2,1H3;2-5,13H,1H3;1-4,13H,(H,11,12);1-4H;2,4H2,1H3;2H,1H3;1H3;;;1H2/q;;;;;;-1;2*+1;/p-1. The third-order valence-corrected chi connectivity index (χ3v) is 6.83. The largest absolute Gasteiger partial charge is 1.00 e. The molecule has 8 N–H and O–H groups in total. The number of esters is 3. The van der Waals surface area contributed by atoms with Crippen molar-refractivity contribution in [1.82, 2.24) is 19.4 Å². The number of carbonyl (C=O) groups excluding carboxylic acids is 3. The molecule has 0 atom stereocenters. The second-order valence-corrected chi connectivity index (χ2v) is 10.5. The number of carboxylic acid groups (broad SMARTS) is 1. The van der Waals surface area contributed by atoms with Gasteiger partial charge in [-0.05, 0) is 36.4 Å². The number of nitro benzene ring substituents is 2. The SMILES string of the molecule is CO.COC(=O)CN.COC(=O)CNc1ccccc1[N+](=O)[O-].COC(=O)c1nc2ccccc2n1O.C[O-].O=C(O)c1nc2ccccc2n1O.O=[N+]([O-])c1ccccc1F.[Li+].[Na+].[OH-]. The van der Waals surface area contributed by atoms with Gasteiger partial charge in [0.05, 0.1) is 48.8 Å². The van der Waals surface area contributed by atoms with Crippen molar-refractivity contribution in [3.8, 4) is 0 Å². The Morgan fingerprint density at radius 2 is 1.11 bits per heavy atom. The summed E-state index contributed by atoms with van der Waals surface area (Å²) in [6.07, 6.45) is 0. The molecule has 0 radical (unpaired) electrons. The predicted octanol–water partition coefficient (Wildman–Crippen LogP) is -3.52. The van der Waals surface area contributed by atoms with E-state index in [1.165, 1.54) is 45.6 Å². The van der Waals surface area contributed by atoms with Gasteiger partial charge in [0.1, 0.15) is 23.3 Å². The van der Waals surface area contributed by atoms with E-state index in [0.717, 1.165) is 31.1 Å². The van der Waals surface area contributed by atoms with E-state index < -0.39 is 39.3 Å². The molecule has 0 aliphatic carbocycles. The molecule has 2 aromatic heterocycles. The van der Waals surface area contributed by atoms with Crippen LogP contribution in [0.3, 0.4) is 0 Å². The Labute approximate surface area is 402 Å². The predicted molar refractivity (Wildman–Crippen MR) is 216 cm³/mol. The van der Waals surface area contributed by atoms with Crippen molar-refractivity contribution in [2.75, 3.05) is 54.0 Å². The van der Waals surface area contributed by atoms with E-state index in [9.17, 15) is 54.2 Å². The zero-order valence-corrected chi connectivity index (χ0v) is 37.9. The van der Waals surface area contributed by atoms with Crippen molar-refractivity contribution in [1.29, 1.82) is 0 Å². The second kappa shape index (κ2) is 35.7. The first-order valence-electron chi connectivity index (χ1n) is 16.8. The molecule has 0 saturated heterocycles. The molecular weight excluding hydrogens is 877 g/mol. The number of hydrogen-bond donors (Lipinski definition) is 6. The van der Waals surface area contributed by atoms with Crippen molar-refractivity contribution in [3.05, 3.63) is 135 Å². The number of halogens is 1. The van der Waals surface area contributed by atoms with Crippen molar-refractivity contribution in [2.45, 2.75) is 0 Å². The van der Waals surface area contributed by atoms with Crippen LogP contribution in [0.5, 0.6) is 0 Å². The Bertz CT molecular complexity index is 2380. The number of nitrogens with zero attached hydrogens (tertiary/aromatic N) is 6. The number of imidazole rings is 2. The van der Waals surface area contributed by atoms with Gasteiger partial charge in [0, 0.05) is 19.2 Å². The summed E-state index contributed by atoms with van der Waals surface area (Å²) < 4.78 is 26.7. The van der Waals surface area contributed by atoms with Gasteiger partial charge in [0.2, 0.25) is 5.82 Å². The maximum absolute atomic E-state index is 12.4. The number of hydrogen-bond acceptors (Lipinski definition) is 20. The fourth-order valence-corrected chi connectivity index (χ4v) is 4.09. The fourth-order valence-electron chi connectivity index (χ4n) is 4.09. The quantitative estimate of drug-likeness (QED) is 0.0215. The molecular formula is C37H43FLiN8NaO17. The van der Waals surface area contributed by atoms with Crippen molar-refractivity contribution in [2.24, 2.45) is 5.73 Å². The summed E-state index contributed by atoms with van der Waals surface area (Å²) >= 11 is 0. The average Bonchev–Trinajstić information content (AvgIpc) is 3.83. The molecule has 6 rings (SSSR count). The van der Waals surface area contributed by atoms with Crippen molar-refractivity contribution in [3.63, 3.8) is 0 Å². The number of aliphatic hydroxyl groups is 1. The van der Waals surface area contributed by atoms with Gasteiger partial charge in [-0.3, -0.25) is 29.8 Å². The molecule has 65 heavy (non-hydrogen) atoms. The monoisotopic (exact) mass is 920 g/mol. The number of methoxy groups -OCH3 is 3. The maximum atomic E-state index is 12.4. The molecule has 342 valence electrons. The molecule has 28 heteroatoms. The number of rotatable bonds is 8. The Balaban J connectivity index is -0.000000354. The normalized spacial score (nSPS) is 8.82. The van der Waals surface area contributed by atoms with E-state index in [0.29, 0.717) is 32.5 Å². The first-order chi connectivity index (χ1) is 29.6. The molecule has 0 aliphatic rings. The minimum absolute atomic E-state index is 0. The number of aromatic carboxylic acids is 1. The topological polar surface area (TPSA) is 390 Å². The molecule has 0 unspecified atom stereocenters. The van der Waals surface area contributed by atoms with Gasteiger partial charge in [-0.1, -0.05) is 48.5 Å². The Morgan fingerprint density at radius 1 is 0.708 bits per heavy atom. The zero-order valence-electron chi connectivity index (χ0n) is 35.9. The molecule has 0 aliphatic heterocycles. The Kier molecular flexibility index (Phi) is 35.6.